The van der Waals surface area contributed by atoms with E-state index in [-0.39, 0.29) is 4.47 Å². The number of aromatic nitrogens is 1. The molecular formula is C12H4BrClF5NO. The molecule has 1 aromatic carbocycles. The van der Waals surface area contributed by atoms with E-state index in [0.717, 1.165) is 12.1 Å². The SMILES string of the molecule is Fc1cc(Br)cc(Oc2ncc(C(F)(F)F)cc2Cl)c1F. The lowest BCUT2D eigenvalue weighted by Gasteiger charge is -2.11. The van der Waals surface area contributed by atoms with Crippen LogP contribution in [0.25, 0.3) is 0 Å². The molecule has 0 atom stereocenters. The Kier molecular flexibility index (Phi) is 4.38. The molecule has 9 heteroatoms. The van der Waals surface area contributed by atoms with Gasteiger partial charge in [-0.2, -0.15) is 17.6 Å². The van der Waals surface area contributed by atoms with Crippen molar-refractivity contribution < 1.29 is 26.7 Å². The largest absolute Gasteiger partial charge is 0.434 e. The maximum atomic E-state index is 13.5. The van der Waals surface area contributed by atoms with Crippen molar-refractivity contribution in [1.29, 1.82) is 0 Å². The summed E-state index contributed by atoms with van der Waals surface area (Å²) in [5.41, 5.74) is -1.08. The molecule has 0 spiro atoms. The van der Waals surface area contributed by atoms with Gasteiger partial charge in [0.05, 0.1) is 5.56 Å². The Morgan fingerprint density at radius 2 is 1.81 bits per heavy atom. The summed E-state index contributed by atoms with van der Waals surface area (Å²) < 4.78 is 69.1. The molecule has 1 aromatic heterocycles. The van der Waals surface area contributed by atoms with Crippen molar-refractivity contribution >= 4 is 27.5 Å². The number of rotatable bonds is 2. The zero-order valence-electron chi connectivity index (χ0n) is 9.81. The molecule has 2 rings (SSSR count). The van der Waals surface area contributed by atoms with Crippen LogP contribution in [-0.2, 0) is 6.18 Å². The Labute approximate surface area is 128 Å². The Bertz CT molecular complexity index is 692. The molecule has 2 nitrogen and oxygen atoms in total. The number of hydrogen-bond donors (Lipinski definition) is 0. The summed E-state index contributed by atoms with van der Waals surface area (Å²) in [7, 11) is 0. The molecular weight excluding hydrogens is 384 g/mol. The highest BCUT2D eigenvalue weighted by molar-refractivity contribution is 9.10. The van der Waals surface area contributed by atoms with Gasteiger partial charge in [-0.1, -0.05) is 27.5 Å². The number of hydrogen-bond acceptors (Lipinski definition) is 2. The number of alkyl halides is 3. The Balaban J connectivity index is 2.37. The maximum absolute atomic E-state index is 13.5. The second-order valence-corrected chi connectivity index (χ2v) is 5.13. The predicted octanol–water partition coefficient (Wildman–Crippen LogP) is 5.59. The van der Waals surface area contributed by atoms with Crippen molar-refractivity contribution in [3.05, 3.63) is 51.1 Å². The summed E-state index contributed by atoms with van der Waals surface area (Å²) >= 11 is 8.53. The Morgan fingerprint density at radius 1 is 1.14 bits per heavy atom. The van der Waals surface area contributed by atoms with Crippen LogP contribution in [0.15, 0.2) is 28.9 Å². The highest BCUT2D eigenvalue weighted by Crippen LogP contribution is 2.36. The molecule has 0 saturated carbocycles. The van der Waals surface area contributed by atoms with Gasteiger partial charge in [0.15, 0.2) is 11.6 Å². The van der Waals surface area contributed by atoms with Crippen LogP contribution in [0.4, 0.5) is 22.0 Å². The molecule has 0 aliphatic rings. The van der Waals surface area contributed by atoms with Crippen molar-refractivity contribution in [1.82, 2.24) is 4.98 Å². The second-order valence-electron chi connectivity index (χ2n) is 3.81. The van der Waals surface area contributed by atoms with E-state index in [1.807, 2.05) is 0 Å². The minimum atomic E-state index is -4.62. The number of halogens is 7. The normalized spacial score (nSPS) is 11.6. The second kappa shape index (κ2) is 5.76. The first-order chi connectivity index (χ1) is 9.68. The van der Waals surface area contributed by atoms with Gasteiger partial charge in [0.2, 0.25) is 11.7 Å². The van der Waals surface area contributed by atoms with Crippen LogP contribution in [0.2, 0.25) is 5.02 Å². The van der Waals surface area contributed by atoms with Crippen molar-refractivity contribution in [2.24, 2.45) is 0 Å². The molecule has 2 aromatic rings. The highest BCUT2D eigenvalue weighted by atomic mass is 79.9. The van der Waals surface area contributed by atoms with Gasteiger partial charge in [-0.15, -0.1) is 0 Å². The molecule has 0 bridgehead atoms. The van der Waals surface area contributed by atoms with Crippen molar-refractivity contribution in [3.8, 4) is 11.6 Å². The van der Waals surface area contributed by atoms with Crippen LogP contribution in [0, 0.1) is 11.6 Å². The molecule has 21 heavy (non-hydrogen) atoms. The lowest BCUT2D eigenvalue weighted by Crippen LogP contribution is -2.06. The van der Waals surface area contributed by atoms with Crippen LogP contribution < -0.4 is 4.74 Å². The lowest BCUT2D eigenvalue weighted by molar-refractivity contribution is -0.137. The highest BCUT2D eigenvalue weighted by Gasteiger charge is 2.32. The maximum Gasteiger partial charge on any atom is 0.417 e. The molecule has 1 heterocycles. The van der Waals surface area contributed by atoms with Gasteiger partial charge in [0.1, 0.15) is 5.02 Å². The zero-order chi connectivity index (χ0) is 15.8. The summed E-state index contributed by atoms with van der Waals surface area (Å²) in [5, 5.41) is -0.482. The van der Waals surface area contributed by atoms with Gasteiger partial charge in [-0.05, 0) is 18.2 Å². The minimum absolute atomic E-state index is 0.180. The summed E-state index contributed by atoms with van der Waals surface area (Å²) in [6.07, 6.45) is -4.14. The summed E-state index contributed by atoms with van der Waals surface area (Å²) in [6, 6.07) is 2.54. The average Bonchev–Trinajstić information content (AvgIpc) is 2.36. The van der Waals surface area contributed by atoms with Crippen LogP contribution in [-0.4, -0.2) is 4.98 Å². The third-order valence-corrected chi connectivity index (χ3v) is 3.03. The fourth-order valence-corrected chi connectivity index (χ4v) is 1.98. The Morgan fingerprint density at radius 3 is 2.38 bits per heavy atom. The first kappa shape index (κ1) is 16.0. The Hall–Kier alpha value is -1.41. The third kappa shape index (κ3) is 3.62. The van der Waals surface area contributed by atoms with Gasteiger partial charge in [0.25, 0.3) is 0 Å². The van der Waals surface area contributed by atoms with Crippen LogP contribution in [0.1, 0.15) is 5.56 Å². The molecule has 0 aliphatic carbocycles. The van der Waals surface area contributed by atoms with Gasteiger partial charge < -0.3 is 4.74 Å². The quantitative estimate of drug-likeness (QED) is 0.494. The first-order valence-corrected chi connectivity index (χ1v) is 6.40. The fraction of sp³-hybridized carbons (Fsp3) is 0.0833. The van der Waals surface area contributed by atoms with E-state index in [9.17, 15) is 22.0 Å². The molecule has 0 N–H and O–H groups in total. The van der Waals surface area contributed by atoms with Gasteiger partial charge >= 0.3 is 6.18 Å². The summed E-state index contributed by atoms with van der Waals surface area (Å²) in [5.74, 6) is -3.53. The minimum Gasteiger partial charge on any atom is -0.434 e. The average molecular weight is 389 g/mol. The van der Waals surface area contributed by atoms with E-state index >= 15 is 0 Å². The molecule has 0 unspecified atom stereocenters. The molecule has 112 valence electrons. The van der Waals surface area contributed by atoms with Gasteiger partial charge in [-0.25, -0.2) is 9.37 Å². The van der Waals surface area contributed by atoms with E-state index in [4.69, 9.17) is 16.3 Å². The third-order valence-electron chi connectivity index (χ3n) is 2.30. The lowest BCUT2D eigenvalue weighted by atomic mass is 10.3. The first-order valence-electron chi connectivity index (χ1n) is 5.23. The standard InChI is InChI=1S/C12H4BrClF5NO/c13-6-2-8(15)10(16)9(3-6)21-11-7(14)1-5(4-20-11)12(17,18)19/h1-4H. The summed E-state index contributed by atoms with van der Waals surface area (Å²) in [6.45, 7) is 0. The number of benzene rings is 1. The van der Waals surface area contributed by atoms with E-state index in [1.165, 1.54) is 0 Å². The zero-order valence-corrected chi connectivity index (χ0v) is 12.2. The van der Waals surface area contributed by atoms with Crippen molar-refractivity contribution in [2.75, 3.05) is 0 Å². The van der Waals surface area contributed by atoms with Crippen LogP contribution in [0.5, 0.6) is 11.6 Å². The van der Waals surface area contributed by atoms with Gasteiger partial charge in [0, 0.05) is 10.7 Å². The smallest absolute Gasteiger partial charge is 0.417 e. The van der Waals surface area contributed by atoms with E-state index in [2.05, 4.69) is 20.9 Å². The van der Waals surface area contributed by atoms with Crippen LogP contribution in [0.3, 0.4) is 0 Å². The predicted molar refractivity (Wildman–Crippen MR) is 68.4 cm³/mol. The van der Waals surface area contributed by atoms with E-state index in [0.29, 0.717) is 12.3 Å². The topological polar surface area (TPSA) is 22.1 Å². The number of nitrogens with zero attached hydrogens (tertiary/aromatic N) is 1. The van der Waals surface area contributed by atoms with Crippen molar-refractivity contribution in [2.45, 2.75) is 6.18 Å². The van der Waals surface area contributed by atoms with E-state index in [1.54, 1.807) is 0 Å². The number of ether oxygens (including phenoxy) is 1. The number of pyridine rings is 1. The molecule has 0 amide bonds. The fourth-order valence-electron chi connectivity index (χ4n) is 1.37. The summed E-state index contributed by atoms with van der Waals surface area (Å²) in [4.78, 5) is 3.36. The van der Waals surface area contributed by atoms with Crippen molar-refractivity contribution in [3.63, 3.8) is 0 Å². The monoisotopic (exact) mass is 387 g/mol. The molecule has 0 fully saturated rings. The van der Waals surface area contributed by atoms with E-state index < -0.39 is 40.0 Å². The molecule has 0 saturated heterocycles. The van der Waals surface area contributed by atoms with Crippen LogP contribution >= 0.6 is 27.5 Å². The molecule has 0 aliphatic heterocycles. The molecule has 0 radical (unpaired) electrons. The van der Waals surface area contributed by atoms with Gasteiger partial charge in [-0.3, -0.25) is 0 Å².